The fraction of sp³-hybridized carbons (Fsp3) is 0.750. The number of unbranched alkanes of at least 4 members (excludes halogenated alkanes) is 9. The van der Waals surface area contributed by atoms with E-state index in [1.54, 1.807) is 13.8 Å². The zero-order chi connectivity index (χ0) is 26.0. The minimum Gasteiger partial charge on any atom is -0.387 e. The zero-order valence-electron chi connectivity index (χ0n) is 22.1. The van der Waals surface area contributed by atoms with Gasteiger partial charge in [-0.1, -0.05) is 70.8 Å². The van der Waals surface area contributed by atoms with E-state index in [9.17, 15) is 14.3 Å². The molecule has 8 heteroatoms. The molecule has 0 saturated carbocycles. The molecule has 0 spiro atoms. The summed E-state index contributed by atoms with van der Waals surface area (Å²) in [5, 5.41) is 13.6. The molecule has 3 rings (SSSR count). The molecule has 36 heavy (non-hydrogen) atoms. The summed E-state index contributed by atoms with van der Waals surface area (Å²) in [5.41, 5.74) is 0.200. The van der Waals surface area contributed by atoms with Crippen molar-refractivity contribution in [3.63, 3.8) is 0 Å². The zero-order valence-corrected chi connectivity index (χ0v) is 22.1. The first-order valence-electron chi connectivity index (χ1n) is 13.6. The van der Waals surface area contributed by atoms with Crippen LogP contribution in [0.25, 0.3) is 0 Å². The van der Waals surface area contributed by atoms with Gasteiger partial charge in [-0.25, -0.2) is 4.39 Å². The van der Waals surface area contributed by atoms with Crippen molar-refractivity contribution in [2.45, 2.75) is 115 Å². The summed E-state index contributed by atoms with van der Waals surface area (Å²) >= 11 is 0. The number of carbonyl (C=O) groups excluding carboxylic acids is 1. The Hall–Kier alpha value is -1.58. The number of aliphatic hydroxyl groups excluding tert-OH is 1. The maximum Gasteiger partial charge on any atom is 0.251 e. The lowest BCUT2D eigenvalue weighted by molar-refractivity contribution is -0.277. The Morgan fingerprint density at radius 1 is 1.06 bits per heavy atom. The monoisotopic (exact) mass is 509 g/mol. The van der Waals surface area contributed by atoms with Crippen LogP contribution in [0, 0.1) is 5.82 Å². The average molecular weight is 510 g/mol. The van der Waals surface area contributed by atoms with Gasteiger partial charge in [-0.3, -0.25) is 4.79 Å². The van der Waals surface area contributed by atoms with Gasteiger partial charge in [0.25, 0.3) is 5.91 Å². The van der Waals surface area contributed by atoms with Crippen molar-refractivity contribution in [3.8, 4) is 0 Å². The highest BCUT2D eigenvalue weighted by molar-refractivity contribution is 5.94. The van der Waals surface area contributed by atoms with E-state index in [0.717, 1.165) is 18.9 Å². The fourth-order valence-electron chi connectivity index (χ4n) is 4.97. The van der Waals surface area contributed by atoms with E-state index < -0.39 is 41.6 Å². The van der Waals surface area contributed by atoms with Crippen LogP contribution in [0.2, 0.25) is 0 Å². The van der Waals surface area contributed by atoms with Crippen LogP contribution in [0.3, 0.4) is 0 Å². The molecule has 0 bridgehead atoms. The first kappa shape index (κ1) is 29.0. The molecule has 2 saturated heterocycles. The molecule has 0 unspecified atom stereocenters. The Bertz CT molecular complexity index is 821. The molecular formula is C28H44FNO6. The molecule has 1 amide bonds. The van der Waals surface area contributed by atoms with E-state index in [-0.39, 0.29) is 18.7 Å². The quantitative estimate of drug-likeness (QED) is 0.302. The van der Waals surface area contributed by atoms with Gasteiger partial charge in [-0.2, -0.15) is 0 Å². The molecule has 2 aliphatic rings. The molecule has 0 aliphatic carbocycles. The third-order valence-corrected chi connectivity index (χ3v) is 6.80. The van der Waals surface area contributed by atoms with Crippen molar-refractivity contribution in [1.29, 1.82) is 0 Å². The Morgan fingerprint density at radius 2 is 1.72 bits per heavy atom. The Balaban J connectivity index is 1.40. The predicted octanol–water partition coefficient (Wildman–Crippen LogP) is 5.10. The van der Waals surface area contributed by atoms with Crippen molar-refractivity contribution >= 4 is 5.91 Å². The summed E-state index contributed by atoms with van der Waals surface area (Å²) in [6, 6.07) is 5.43. The lowest BCUT2D eigenvalue weighted by Gasteiger charge is -2.28. The Kier molecular flexibility index (Phi) is 11.1. The third kappa shape index (κ3) is 8.21. The van der Waals surface area contributed by atoms with Crippen LogP contribution in [0.4, 0.5) is 4.39 Å². The fourth-order valence-corrected chi connectivity index (χ4v) is 4.97. The van der Waals surface area contributed by atoms with Crippen LogP contribution in [-0.2, 0) is 18.9 Å². The number of ether oxygens (including phenoxy) is 4. The second kappa shape index (κ2) is 13.8. The highest BCUT2D eigenvalue weighted by atomic mass is 19.1. The van der Waals surface area contributed by atoms with Crippen LogP contribution in [0.1, 0.15) is 95.3 Å². The number of halogens is 1. The number of hydrogen-bond donors (Lipinski definition) is 2. The normalized spacial score (nSPS) is 26.8. The SMILES string of the molecule is CCCCCCCCCCCCOC[C@@]12O[C@@H](CNC(=O)c3cccc(F)c3)[C@@H](O)[C@@H]1OC(C)(C)O2. The second-order valence-electron chi connectivity index (χ2n) is 10.5. The number of benzene rings is 1. The number of aliphatic hydroxyl groups is 1. The first-order valence-corrected chi connectivity index (χ1v) is 13.6. The number of rotatable bonds is 16. The smallest absolute Gasteiger partial charge is 0.251 e. The molecule has 7 nitrogen and oxygen atoms in total. The molecule has 2 aliphatic heterocycles. The molecule has 4 atom stereocenters. The molecular weight excluding hydrogens is 465 g/mol. The van der Waals surface area contributed by atoms with E-state index >= 15 is 0 Å². The first-order chi connectivity index (χ1) is 17.3. The van der Waals surface area contributed by atoms with E-state index in [2.05, 4.69) is 12.2 Å². The molecule has 2 fully saturated rings. The summed E-state index contributed by atoms with van der Waals surface area (Å²) in [5.74, 6) is -3.11. The summed E-state index contributed by atoms with van der Waals surface area (Å²) < 4.78 is 37.5. The van der Waals surface area contributed by atoms with Gasteiger partial charge in [0.05, 0.1) is 0 Å². The molecule has 0 radical (unpaired) electrons. The molecule has 2 heterocycles. The van der Waals surface area contributed by atoms with Crippen LogP contribution in [0.5, 0.6) is 0 Å². The van der Waals surface area contributed by atoms with Crippen LogP contribution in [0.15, 0.2) is 24.3 Å². The number of carbonyl (C=O) groups is 1. The molecule has 0 aromatic heterocycles. The predicted molar refractivity (Wildman–Crippen MR) is 135 cm³/mol. The number of amides is 1. The number of hydrogen-bond acceptors (Lipinski definition) is 6. The number of fused-ring (bicyclic) bond motifs is 1. The maximum atomic E-state index is 13.4. The largest absolute Gasteiger partial charge is 0.387 e. The Morgan fingerprint density at radius 3 is 2.39 bits per heavy atom. The summed E-state index contributed by atoms with van der Waals surface area (Å²) in [6.07, 6.45) is 10.0. The van der Waals surface area contributed by atoms with Crippen LogP contribution < -0.4 is 5.32 Å². The third-order valence-electron chi connectivity index (χ3n) is 6.80. The van der Waals surface area contributed by atoms with E-state index in [4.69, 9.17) is 18.9 Å². The van der Waals surface area contributed by atoms with Gasteiger partial charge in [0.2, 0.25) is 5.79 Å². The van der Waals surface area contributed by atoms with Crippen LogP contribution in [-0.4, -0.2) is 60.7 Å². The molecule has 204 valence electrons. The van der Waals surface area contributed by atoms with Gasteiger partial charge in [0.1, 0.15) is 30.7 Å². The second-order valence-corrected chi connectivity index (χ2v) is 10.5. The van der Waals surface area contributed by atoms with Gasteiger partial charge >= 0.3 is 0 Å². The number of nitrogens with one attached hydrogen (secondary N) is 1. The summed E-state index contributed by atoms with van der Waals surface area (Å²) in [7, 11) is 0. The molecule has 1 aromatic carbocycles. The van der Waals surface area contributed by atoms with Crippen molar-refractivity contribution in [1.82, 2.24) is 5.32 Å². The highest BCUT2D eigenvalue weighted by Gasteiger charge is 2.64. The lowest BCUT2D eigenvalue weighted by Crippen LogP contribution is -2.45. The summed E-state index contributed by atoms with van der Waals surface area (Å²) in [4.78, 5) is 12.4. The molecule has 1 aromatic rings. The lowest BCUT2D eigenvalue weighted by atomic mass is 10.1. The van der Waals surface area contributed by atoms with Crippen molar-refractivity contribution < 1.29 is 33.2 Å². The van der Waals surface area contributed by atoms with Crippen molar-refractivity contribution in [2.24, 2.45) is 0 Å². The summed E-state index contributed by atoms with van der Waals surface area (Å²) in [6.45, 7) is 6.52. The minimum atomic E-state index is -1.24. The van der Waals surface area contributed by atoms with Gasteiger partial charge < -0.3 is 29.4 Å². The molecule has 2 N–H and O–H groups in total. The maximum absolute atomic E-state index is 13.4. The van der Waals surface area contributed by atoms with E-state index in [1.807, 2.05) is 0 Å². The average Bonchev–Trinajstić information content (AvgIpc) is 3.24. The van der Waals surface area contributed by atoms with E-state index in [1.165, 1.54) is 69.6 Å². The van der Waals surface area contributed by atoms with Gasteiger partial charge in [0, 0.05) is 18.7 Å². The van der Waals surface area contributed by atoms with Crippen molar-refractivity contribution in [3.05, 3.63) is 35.6 Å². The van der Waals surface area contributed by atoms with Crippen LogP contribution >= 0.6 is 0 Å². The minimum absolute atomic E-state index is 0.0281. The highest BCUT2D eigenvalue weighted by Crippen LogP contribution is 2.45. The van der Waals surface area contributed by atoms with E-state index in [0.29, 0.717) is 6.61 Å². The Labute approximate surface area is 215 Å². The standard InChI is InChI=1S/C28H44FNO6/c1-4-5-6-7-8-9-10-11-12-13-17-33-20-28-25(35-27(2,3)36-28)24(31)23(34-28)19-30-26(32)21-15-14-16-22(29)18-21/h14-16,18,23-25,31H,4-13,17,19-20H2,1-3H3,(H,30,32)/t23-,24+,25-,28-/m0/s1. The van der Waals surface area contributed by atoms with Crippen molar-refractivity contribution in [2.75, 3.05) is 19.8 Å². The van der Waals surface area contributed by atoms with Gasteiger partial charge in [-0.05, 0) is 38.5 Å². The van der Waals surface area contributed by atoms with Gasteiger partial charge in [0.15, 0.2) is 5.79 Å². The topological polar surface area (TPSA) is 86.3 Å². The van der Waals surface area contributed by atoms with Gasteiger partial charge in [-0.15, -0.1) is 0 Å².